The van der Waals surface area contributed by atoms with Crippen molar-refractivity contribution in [2.75, 3.05) is 31.3 Å². The number of aliphatic hydroxyl groups excluding tert-OH is 2. The van der Waals surface area contributed by atoms with Gasteiger partial charge in [-0.05, 0) is 17.9 Å². The highest BCUT2D eigenvalue weighted by Gasteiger charge is 2.53. The normalized spacial score (nSPS) is 31.3. The lowest BCUT2D eigenvalue weighted by Crippen LogP contribution is -2.43. The van der Waals surface area contributed by atoms with Crippen LogP contribution in [0.5, 0.6) is 0 Å². The first-order valence-electron chi connectivity index (χ1n) is 12.3. The molecule has 4 aromatic heterocycles. The number of nitrogens with two attached hydrogens (primary N) is 2. The molecule has 17 nitrogen and oxygen atoms in total. The number of aromatic nitrogens is 7. The molecule has 0 aromatic carbocycles. The van der Waals surface area contributed by atoms with Gasteiger partial charge >= 0.3 is 6.72 Å². The molecule has 0 aliphatic carbocycles. The lowest BCUT2D eigenvalue weighted by atomic mass is 10.1. The maximum Gasteiger partial charge on any atom is 0.325 e. The van der Waals surface area contributed by atoms with Crippen LogP contribution in [0.3, 0.4) is 0 Å². The predicted octanol–water partition coefficient (Wildman–Crippen LogP) is -1.04. The van der Waals surface area contributed by atoms with E-state index in [2.05, 4.69) is 24.9 Å². The van der Waals surface area contributed by atoms with E-state index in [0.29, 0.717) is 5.39 Å². The molecule has 0 saturated carbocycles. The lowest BCUT2D eigenvalue weighted by molar-refractivity contribution is -0.0529. The number of aromatic amines is 1. The lowest BCUT2D eigenvalue weighted by Gasteiger charge is -2.28. The van der Waals surface area contributed by atoms with E-state index in [1.807, 2.05) is 0 Å². The Labute approximate surface area is 238 Å². The average molecular weight is 632 g/mol. The van der Waals surface area contributed by atoms with Crippen LogP contribution >= 0.6 is 6.72 Å². The molecule has 2 aliphatic rings. The molecule has 2 fully saturated rings. The van der Waals surface area contributed by atoms with Crippen molar-refractivity contribution in [2.45, 2.75) is 42.6 Å². The van der Waals surface area contributed by atoms with E-state index >= 15 is 8.78 Å². The summed E-state index contributed by atoms with van der Waals surface area (Å²) < 4.78 is 55.3. The fourth-order valence-electron chi connectivity index (χ4n) is 4.97. The van der Waals surface area contributed by atoms with Gasteiger partial charge in [0.15, 0.2) is 23.6 Å². The summed E-state index contributed by atoms with van der Waals surface area (Å²) in [5, 5.41) is 20.8. The molecule has 0 spiro atoms. The third-order valence-corrected chi connectivity index (χ3v) is 8.60. The van der Waals surface area contributed by atoms with Crippen LogP contribution in [0.2, 0.25) is 0 Å². The van der Waals surface area contributed by atoms with Crippen molar-refractivity contribution >= 4 is 52.5 Å². The summed E-state index contributed by atoms with van der Waals surface area (Å²) in [4.78, 5) is 41.1. The van der Waals surface area contributed by atoms with Gasteiger partial charge in [0.2, 0.25) is 11.7 Å². The fraction of sp³-hybridized carbons (Fsp3) is 0.476. The highest BCUT2D eigenvalue weighted by molar-refractivity contribution is 8.07. The number of fused-ring (bicyclic) bond motifs is 2. The molecule has 0 amide bonds. The molecule has 6 heterocycles. The summed E-state index contributed by atoms with van der Waals surface area (Å²) in [6.45, 7) is -6.35. The van der Waals surface area contributed by atoms with E-state index in [9.17, 15) is 19.9 Å². The van der Waals surface area contributed by atoms with E-state index < -0.39 is 74.7 Å². The monoisotopic (exact) mass is 631 g/mol. The van der Waals surface area contributed by atoms with Gasteiger partial charge in [-0.3, -0.25) is 23.4 Å². The summed E-state index contributed by atoms with van der Waals surface area (Å²) >= 11 is 5.07. The zero-order valence-corrected chi connectivity index (χ0v) is 22.9. The van der Waals surface area contributed by atoms with E-state index in [1.165, 1.54) is 12.3 Å². The molecular weight excluding hydrogens is 607 g/mol. The van der Waals surface area contributed by atoms with Crippen molar-refractivity contribution < 1.29 is 42.4 Å². The summed E-state index contributed by atoms with van der Waals surface area (Å²) in [6.07, 6.45) is -6.08. The van der Waals surface area contributed by atoms with Gasteiger partial charge < -0.3 is 40.6 Å². The van der Waals surface area contributed by atoms with Crippen LogP contribution in [-0.2, 0) is 36.1 Å². The van der Waals surface area contributed by atoms with Crippen molar-refractivity contribution in [2.24, 2.45) is 0 Å². The van der Waals surface area contributed by atoms with Gasteiger partial charge in [0.25, 0.3) is 5.56 Å². The number of imidazole rings is 1. The molecule has 2 aliphatic heterocycles. The molecule has 0 radical (unpaired) electrons. The number of aliphatic hydroxyl groups is 2. The number of H-pyrrole nitrogens is 1. The molecule has 1 unspecified atom stereocenters. The quantitative estimate of drug-likeness (QED) is 0.127. The molecule has 8 N–H and O–H groups in total. The van der Waals surface area contributed by atoms with E-state index in [0.717, 1.165) is 21.8 Å². The standard InChI is InChI=1S/C21H24F2N9O8PS/c22-11-9(3-33)39-19(31-7-28-12-17(31)29-20(25)30-18(12)35)13(11)40-41(36,42)38-4-10-14(34)21(23,5-37-10)32-2-1-8-15(24)26-6-27-16(8)32/h1-2,6-7,9-11,13-14,19,33-34H,3-5H2,(H,36,42)(H2,24,26,27)(H3,25,29,30,35)/t9-,10-,11+,13-,14-,19-,21+,41?/m1/s1. The van der Waals surface area contributed by atoms with Crippen LogP contribution < -0.4 is 17.0 Å². The van der Waals surface area contributed by atoms with Crippen LogP contribution in [-0.4, -0.2) is 99.6 Å². The van der Waals surface area contributed by atoms with Gasteiger partial charge in [-0.25, -0.2) is 23.7 Å². The molecule has 6 rings (SSSR count). The van der Waals surface area contributed by atoms with Gasteiger partial charge in [-0.2, -0.15) is 4.98 Å². The van der Waals surface area contributed by atoms with E-state index in [4.69, 9.17) is 41.8 Å². The first kappa shape index (κ1) is 28.9. The molecular formula is C21H24F2N9O8PS. The van der Waals surface area contributed by atoms with Crippen molar-refractivity contribution in [3.8, 4) is 0 Å². The number of ether oxygens (including phenoxy) is 2. The Morgan fingerprint density at radius 3 is 2.83 bits per heavy atom. The first-order chi connectivity index (χ1) is 19.9. The SMILES string of the molecule is Nc1nc2c(ncn2[C@@H]2O[C@H](CO)[C@H](F)[C@H]2OP(O)(=S)OC[C@H]2OC[C@](F)(n3ccc4c(N)ncnc43)[C@@H]2O)c(=O)[nH]1. The highest BCUT2D eigenvalue weighted by Crippen LogP contribution is 2.51. The third-order valence-electron chi connectivity index (χ3n) is 7.04. The number of anilines is 2. The highest BCUT2D eigenvalue weighted by atomic mass is 32.5. The van der Waals surface area contributed by atoms with Crippen molar-refractivity contribution in [3.63, 3.8) is 0 Å². The van der Waals surface area contributed by atoms with Gasteiger partial charge in [0.1, 0.15) is 48.8 Å². The van der Waals surface area contributed by atoms with Crippen LogP contribution in [0, 0.1) is 0 Å². The van der Waals surface area contributed by atoms with E-state index in [1.54, 1.807) is 0 Å². The minimum Gasteiger partial charge on any atom is -0.394 e. The number of rotatable bonds is 8. The predicted molar refractivity (Wildman–Crippen MR) is 143 cm³/mol. The second kappa shape index (κ2) is 10.5. The second-order valence-electron chi connectivity index (χ2n) is 9.60. The topological polar surface area (TPSA) is 244 Å². The third kappa shape index (κ3) is 4.74. The van der Waals surface area contributed by atoms with Crippen molar-refractivity contribution in [3.05, 3.63) is 35.3 Å². The minimum atomic E-state index is -4.33. The number of hydrogen-bond acceptors (Lipinski definition) is 14. The van der Waals surface area contributed by atoms with Gasteiger partial charge in [-0.15, -0.1) is 0 Å². The zero-order valence-electron chi connectivity index (χ0n) is 21.2. The number of nitrogens with one attached hydrogen (secondary N) is 1. The fourth-order valence-corrected chi connectivity index (χ4v) is 6.37. The smallest absolute Gasteiger partial charge is 0.325 e. The molecule has 226 valence electrons. The number of alkyl halides is 2. The Balaban J connectivity index is 1.19. The Bertz CT molecular complexity index is 1760. The summed E-state index contributed by atoms with van der Waals surface area (Å²) in [6, 6.07) is 1.49. The first-order valence-corrected chi connectivity index (χ1v) is 14.9. The Kier molecular flexibility index (Phi) is 7.23. The Morgan fingerprint density at radius 2 is 2.07 bits per heavy atom. The summed E-state index contributed by atoms with van der Waals surface area (Å²) in [5.74, 6) is -2.63. The number of nitrogens with zero attached hydrogens (tertiary/aromatic N) is 6. The molecule has 21 heteroatoms. The maximum absolute atomic E-state index is 16.0. The Morgan fingerprint density at radius 1 is 1.29 bits per heavy atom. The number of halogens is 2. The number of nitrogen functional groups attached to an aromatic ring is 2. The van der Waals surface area contributed by atoms with Crippen LogP contribution in [0.25, 0.3) is 22.2 Å². The van der Waals surface area contributed by atoms with Crippen LogP contribution in [0.4, 0.5) is 20.5 Å². The number of hydrogen-bond donors (Lipinski definition) is 6. The largest absolute Gasteiger partial charge is 0.394 e. The van der Waals surface area contributed by atoms with Crippen molar-refractivity contribution in [1.82, 2.24) is 34.1 Å². The summed E-state index contributed by atoms with van der Waals surface area (Å²) in [7, 11) is 0. The molecule has 8 atom stereocenters. The van der Waals surface area contributed by atoms with Crippen LogP contribution in [0.15, 0.2) is 29.7 Å². The second-order valence-corrected chi connectivity index (χ2v) is 12.4. The van der Waals surface area contributed by atoms with Gasteiger partial charge in [-0.1, -0.05) is 0 Å². The molecule has 2 saturated heterocycles. The zero-order chi connectivity index (χ0) is 30.0. The van der Waals surface area contributed by atoms with Gasteiger partial charge in [0, 0.05) is 6.20 Å². The molecule has 0 bridgehead atoms. The van der Waals surface area contributed by atoms with E-state index in [-0.39, 0.29) is 28.6 Å². The minimum absolute atomic E-state index is 0.0841. The maximum atomic E-state index is 16.0. The molecule has 4 aromatic rings. The molecule has 42 heavy (non-hydrogen) atoms. The van der Waals surface area contributed by atoms with Crippen LogP contribution in [0.1, 0.15) is 6.23 Å². The van der Waals surface area contributed by atoms with Crippen molar-refractivity contribution in [1.29, 1.82) is 0 Å². The average Bonchev–Trinajstić information content (AvgIpc) is 3.70. The van der Waals surface area contributed by atoms with Gasteiger partial charge in [0.05, 0.1) is 24.9 Å². The summed E-state index contributed by atoms with van der Waals surface area (Å²) in [5.41, 5.74) is 10.7. The Hall–Kier alpha value is -3.20.